The second-order valence-electron chi connectivity index (χ2n) is 3.10. The lowest BCUT2D eigenvalue weighted by atomic mass is 10.3. The van der Waals surface area contributed by atoms with Crippen molar-refractivity contribution in [1.82, 2.24) is 9.97 Å². The molecule has 0 saturated carbocycles. The monoisotopic (exact) mass is 201 g/mol. The molecule has 1 aromatic heterocycles. The van der Waals surface area contributed by atoms with Gasteiger partial charge in [-0.1, -0.05) is 0 Å². The van der Waals surface area contributed by atoms with Crippen molar-refractivity contribution >= 4 is 5.69 Å². The molecule has 1 aromatic carbocycles. The number of benzene rings is 1. The van der Waals surface area contributed by atoms with Gasteiger partial charge in [0, 0.05) is 18.1 Å². The van der Waals surface area contributed by atoms with Gasteiger partial charge in [-0.25, -0.2) is 0 Å². The van der Waals surface area contributed by atoms with Crippen LogP contribution in [0.3, 0.4) is 0 Å². The van der Waals surface area contributed by atoms with Crippen LogP contribution in [-0.4, -0.2) is 15.1 Å². The van der Waals surface area contributed by atoms with Gasteiger partial charge in [0.15, 0.2) is 0 Å². The predicted octanol–water partition coefficient (Wildman–Crippen LogP) is 1.79. The number of aromatic hydroxyl groups is 1. The third-order valence-electron chi connectivity index (χ3n) is 1.96. The Morgan fingerprint density at radius 1 is 1.13 bits per heavy atom. The minimum absolute atomic E-state index is 0.264. The number of phenols is 1. The van der Waals surface area contributed by atoms with Crippen LogP contribution in [-0.2, 0) is 6.54 Å². The summed E-state index contributed by atoms with van der Waals surface area (Å²) in [5.41, 5.74) is 1.82. The Morgan fingerprint density at radius 2 is 1.93 bits per heavy atom. The molecule has 4 heteroatoms. The minimum atomic E-state index is 0.264. The zero-order valence-electron chi connectivity index (χ0n) is 8.09. The van der Waals surface area contributed by atoms with Crippen molar-refractivity contribution in [3.63, 3.8) is 0 Å². The summed E-state index contributed by atoms with van der Waals surface area (Å²) in [7, 11) is 0. The molecule has 4 nitrogen and oxygen atoms in total. The average Bonchev–Trinajstić information content (AvgIpc) is 2.30. The van der Waals surface area contributed by atoms with Crippen LogP contribution in [0.1, 0.15) is 5.69 Å². The van der Waals surface area contributed by atoms with Gasteiger partial charge in [-0.05, 0) is 24.3 Å². The van der Waals surface area contributed by atoms with E-state index in [1.165, 1.54) is 0 Å². The molecule has 0 aliphatic carbocycles. The normalized spacial score (nSPS) is 9.87. The highest BCUT2D eigenvalue weighted by Gasteiger charge is 1.94. The average molecular weight is 201 g/mol. The lowest BCUT2D eigenvalue weighted by Crippen LogP contribution is -2.01. The second-order valence-corrected chi connectivity index (χ2v) is 3.10. The van der Waals surface area contributed by atoms with Gasteiger partial charge < -0.3 is 10.4 Å². The van der Waals surface area contributed by atoms with E-state index in [4.69, 9.17) is 5.11 Å². The zero-order chi connectivity index (χ0) is 10.5. The van der Waals surface area contributed by atoms with Gasteiger partial charge in [0.1, 0.15) is 5.75 Å². The number of phenolic OH excluding ortho intramolecular Hbond substituents is 1. The number of aromatic nitrogens is 2. The molecule has 1 heterocycles. The van der Waals surface area contributed by atoms with E-state index < -0.39 is 0 Å². The van der Waals surface area contributed by atoms with Crippen molar-refractivity contribution in [2.24, 2.45) is 0 Å². The first kappa shape index (κ1) is 9.45. The number of nitrogens with zero attached hydrogens (tertiary/aromatic N) is 2. The van der Waals surface area contributed by atoms with Gasteiger partial charge >= 0.3 is 0 Å². The Balaban J connectivity index is 1.96. The molecular weight excluding hydrogens is 190 g/mol. The molecular formula is C11H11N3O. The fourth-order valence-corrected chi connectivity index (χ4v) is 1.19. The van der Waals surface area contributed by atoms with Crippen molar-refractivity contribution in [3.05, 3.63) is 48.5 Å². The molecule has 2 aromatic rings. The maximum Gasteiger partial charge on any atom is 0.115 e. The number of anilines is 1. The van der Waals surface area contributed by atoms with Crippen LogP contribution in [0, 0.1) is 0 Å². The Bertz CT molecular complexity index is 414. The summed E-state index contributed by atoms with van der Waals surface area (Å²) in [6.07, 6.45) is 5.02. The van der Waals surface area contributed by atoms with Crippen molar-refractivity contribution in [2.75, 3.05) is 5.32 Å². The summed E-state index contributed by atoms with van der Waals surface area (Å²) in [6.45, 7) is 0.624. The summed E-state index contributed by atoms with van der Waals surface area (Å²) in [6, 6.07) is 6.90. The molecule has 0 spiro atoms. The highest BCUT2D eigenvalue weighted by Crippen LogP contribution is 2.13. The minimum Gasteiger partial charge on any atom is -0.508 e. The third-order valence-corrected chi connectivity index (χ3v) is 1.96. The van der Waals surface area contributed by atoms with Crippen molar-refractivity contribution in [3.8, 4) is 5.75 Å². The fourth-order valence-electron chi connectivity index (χ4n) is 1.19. The van der Waals surface area contributed by atoms with Crippen LogP contribution in [0.15, 0.2) is 42.9 Å². The van der Waals surface area contributed by atoms with Gasteiger partial charge in [-0.15, -0.1) is 0 Å². The van der Waals surface area contributed by atoms with Crippen LogP contribution in [0.2, 0.25) is 0 Å². The van der Waals surface area contributed by atoms with Gasteiger partial charge in [-0.3, -0.25) is 9.97 Å². The zero-order valence-corrected chi connectivity index (χ0v) is 8.09. The maximum atomic E-state index is 9.09. The highest BCUT2D eigenvalue weighted by atomic mass is 16.3. The van der Waals surface area contributed by atoms with E-state index in [0.717, 1.165) is 11.4 Å². The van der Waals surface area contributed by atoms with E-state index in [2.05, 4.69) is 15.3 Å². The van der Waals surface area contributed by atoms with Crippen LogP contribution < -0.4 is 5.32 Å². The second kappa shape index (κ2) is 4.41. The van der Waals surface area contributed by atoms with E-state index in [9.17, 15) is 0 Å². The molecule has 76 valence electrons. The first-order chi connectivity index (χ1) is 7.34. The van der Waals surface area contributed by atoms with Gasteiger partial charge in [0.05, 0.1) is 18.4 Å². The van der Waals surface area contributed by atoms with Crippen LogP contribution in [0.4, 0.5) is 5.69 Å². The Labute approximate surface area is 87.6 Å². The molecule has 0 amide bonds. The SMILES string of the molecule is Oc1ccc(NCc2cnccn2)cc1. The third kappa shape index (κ3) is 2.67. The summed E-state index contributed by atoms with van der Waals surface area (Å²) in [5, 5.41) is 12.3. The van der Waals surface area contributed by atoms with E-state index in [1.54, 1.807) is 30.7 Å². The molecule has 0 radical (unpaired) electrons. The molecule has 2 rings (SSSR count). The molecule has 2 N–H and O–H groups in total. The smallest absolute Gasteiger partial charge is 0.115 e. The largest absolute Gasteiger partial charge is 0.508 e. The van der Waals surface area contributed by atoms with Crippen LogP contribution in [0.25, 0.3) is 0 Å². The first-order valence-corrected chi connectivity index (χ1v) is 4.62. The number of hydrogen-bond acceptors (Lipinski definition) is 4. The molecule has 0 unspecified atom stereocenters. The number of rotatable bonds is 3. The molecule has 0 fully saturated rings. The summed E-state index contributed by atoms with van der Waals surface area (Å²) in [4.78, 5) is 8.11. The first-order valence-electron chi connectivity index (χ1n) is 4.62. The molecule has 0 aliphatic rings. The van der Waals surface area contributed by atoms with Crippen LogP contribution in [0.5, 0.6) is 5.75 Å². The Hall–Kier alpha value is -2.10. The van der Waals surface area contributed by atoms with Gasteiger partial charge in [0.25, 0.3) is 0 Å². The van der Waals surface area contributed by atoms with E-state index >= 15 is 0 Å². The van der Waals surface area contributed by atoms with Crippen molar-refractivity contribution in [2.45, 2.75) is 6.54 Å². The van der Waals surface area contributed by atoms with Crippen molar-refractivity contribution < 1.29 is 5.11 Å². The van der Waals surface area contributed by atoms with Crippen molar-refractivity contribution in [1.29, 1.82) is 0 Å². The van der Waals surface area contributed by atoms with Crippen LogP contribution >= 0.6 is 0 Å². The molecule has 0 saturated heterocycles. The summed E-state index contributed by atoms with van der Waals surface area (Å²) >= 11 is 0. The van der Waals surface area contributed by atoms with Gasteiger partial charge in [-0.2, -0.15) is 0 Å². The highest BCUT2D eigenvalue weighted by molar-refractivity contribution is 5.45. The summed E-state index contributed by atoms with van der Waals surface area (Å²) < 4.78 is 0. The quantitative estimate of drug-likeness (QED) is 0.743. The molecule has 0 aliphatic heterocycles. The van der Waals surface area contributed by atoms with E-state index in [0.29, 0.717) is 6.54 Å². The topological polar surface area (TPSA) is 58.0 Å². The van der Waals surface area contributed by atoms with E-state index in [-0.39, 0.29) is 5.75 Å². The van der Waals surface area contributed by atoms with E-state index in [1.807, 2.05) is 12.1 Å². The molecule has 0 bridgehead atoms. The molecule has 0 atom stereocenters. The lowest BCUT2D eigenvalue weighted by molar-refractivity contribution is 0.475. The lowest BCUT2D eigenvalue weighted by Gasteiger charge is -2.04. The summed E-state index contributed by atoms with van der Waals surface area (Å²) in [5.74, 6) is 0.264. The maximum absolute atomic E-state index is 9.09. The molecule has 15 heavy (non-hydrogen) atoms. The Kier molecular flexibility index (Phi) is 2.78. The number of hydrogen-bond donors (Lipinski definition) is 2. The fraction of sp³-hybridized carbons (Fsp3) is 0.0909. The number of nitrogens with one attached hydrogen (secondary N) is 1. The Morgan fingerprint density at radius 3 is 2.60 bits per heavy atom. The standard InChI is InChI=1S/C11H11N3O/c15-11-3-1-9(2-4-11)14-8-10-7-12-5-6-13-10/h1-7,14-15H,8H2. The van der Waals surface area contributed by atoms with Gasteiger partial charge in [0.2, 0.25) is 0 Å². The predicted molar refractivity (Wildman–Crippen MR) is 57.5 cm³/mol.